The minimum Gasteiger partial charge on any atom is -0.367 e. The zero-order valence-electron chi connectivity index (χ0n) is 10.4. The SMILES string of the molecule is CNc1nccc(NC2Cc3ccccc3C2)n1. The molecule has 0 unspecified atom stereocenters. The fraction of sp³-hybridized carbons (Fsp3) is 0.286. The van der Waals surface area contributed by atoms with Crippen molar-refractivity contribution in [3.05, 3.63) is 47.7 Å². The van der Waals surface area contributed by atoms with Gasteiger partial charge in [0.15, 0.2) is 0 Å². The summed E-state index contributed by atoms with van der Waals surface area (Å²) in [7, 11) is 1.82. The van der Waals surface area contributed by atoms with Crippen molar-refractivity contribution in [1.29, 1.82) is 0 Å². The Bertz CT molecular complexity index is 528. The van der Waals surface area contributed by atoms with Crippen LogP contribution >= 0.6 is 0 Å². The van der Waals surface area contributed by atoms with Crippen LogP contribution in [0.15, 0.2) is 36.5 Å². The van der Waals surface area contributed by atoms with Crippen LogP contribution in [0.3, 0.4) is 0 Å². The summed E-state index contributed by atoms with van der Waals surface area (Å²) in [4.78, 5) is 8.49. The third-order valence-electron chi connectivity index (χ3n) is 3.28. The molecule has 0 saturated heterocycles. The molecule has 1 aromatic heterocycles. The Labute approximate surface area is 106 Å². The van der Waals surface area contributed by atoms with Crippen LogP contribution in [0.25, 0.3) is 0 Å². The van der Waals surface area contributed by atoms with Gasteiger partial charge in [-0.3, -0.25) is 0 Å². The van der Waals surface area contributed by atoms with E-state index in [2.05, 4.69) is 44.9 Å². The number of nitrogens with zero attached hydrogens (tertiary/aromatic N) is 2. The Hall–Kier alpha value is -2.10. The van der Waals surface area contributed by atoms with Gasteiger partial charge in [0, 0.05) is 19.3 Å². The highest BCUT2D eigenvalue weighted by molar-refractivity contribution is 5.43. The molecule has 0 saturated carbocycles. The molecular formula is C14H16N4. The molecule has 0 amide bonds. The number of rotatable bonds is 3. The molecule has 4 nitrogen and oxygen atoms in total. The highest BCUT2D eigenvalue weighted by Crippen LogP contribution is 2.23. The van der Waals surface area contributed by atoms with Crippen LogP contribution in [0.1, 0.15) is 11.1 Å². The summed E-state index contributed by atoms with van der Waals surface area (Å²) in [6.07, 6.45) is 3.90. The second kappa shape index (κ2) is 4.64. The van der Waals surface area contributed by atoms with E-state index in [1.54, 1.807) is 6.20 Å². The smallest absolute Gasteiger partial charge is 0.224 e. The maximum absolute atomic E-state index is 4.38. The summed E-state index contributed by atoms with van der Waals surface area (Å²) < 4.78 is 0. The lowest BCUT2D eigenvalue weighted by Crippen LogP contribution is -2.20. The highest BCUT2D eigenvalue weighted by atomic mass is 15.1. The van der Waals surface area contributed by atoms with E-state index in [1.165, 1.54) is 11.1 Å². The van der Waals surface area contributed by atoms with Crippen molar-refractivity contribution in [2.24, 2.45) is 0 Å². The van der Waals surface area contributed by atoms with Crippen LogP contribution in [-0.4, -0.2) is 23.1 Å². The molecule has 0 atom stereocenters. The van der Waals surface area contributed by atoms with Gasteiger partial charge in [-0.05, 0) is 30.0 Å². The lowest BCUT2D eigenvalue weighted by Gasteiger charge is -2.12. The van der Waals surface area contributed by atoms with E-state index in [-0.39, 0.29) is 0 Å². The maximum atomic E-state index is 4.38. The Morgan fingerprint density at radius 2 is 1.83 bits per heavy atom. The number of benzene rings is 1. The van der Waals surface area contributed by atoms with Gasteiger partial charge in [-0.25, -0.2) is 4.98 Å². The summed E-state index contributed by atoms with van der Waals surface area (Å²) >= 11 is 0. The fourth-order valence-corrected chi connectivity index (χ4v) is 2.43. The highest BCUT2D eigenvalue weighted by Gasteiger charge is 2.20. The molecule has 2 aromatic rings. The number of hydrogen-bond acceptors (Lipinski definition) is 4. The van der Waals surface area contributed by atoms with Crippen LogP contribution in [0.2, 0.25) is 0 Å². The first kappa shape index (κ1) is 11.0. The van der Waals surface area contributed by atoms with E-state index in [0.29, 0.717) is 12.0 Å². The van der Waals surface area contributed by atoms with E-state index >= 15 is 0 Å². The summed E-state index contributed by atoms with van der Waals surface area (Å²) in [6, 6.07) is 11.0. The molecule has 1 aromatic carbocycles. The molecule has 0 radical (unpaired) electrons. The Kier molecular flexibility index (Phi) is 2.84. The molecule has 0 bridgehead atoms. The number of nitrogens with one attached hydrogen (secondary N) is 2. The third-order valence-corrected chi connectivity index (χ3v) is 3.28. The van der Waals surface area contributed by atoms with Gasteiger partial charge in [0.1, 0.15) is 5.82 Å². The first-order valence-electron chi connectivity index (χ1n) is 6.19. The Morgan fingerprint density at radius 3 is 2.50 bits per heavy atom. The molecule has 3 rings (SSSR count). The van der Waals surface area contributed by atoms with Crippen molar-refractivity contribution in [3.63, 3.8) is 0 Å². The number of anilines is 2. The van der Waals surface area contributed by atoms with Gasteiger partial charge in [-0.2, -0.15) is 4.98 Å². The van der Waals surface area contributed by atoms with Crippen molar-refractivity contribution >= 4 is 11.8 Å². The quantitative estimate of drug-likeness (QED) is 0.862. The number of fused-ring (bicyclic) bond motifs is 1. The molecule has 1 aliphatic rings. The van der Waals surface area contributed by atoms with Crippen LogP contribution in [0, 0.1) is 0 Å². The molecule has 92 valence electrons. The molecule has 0 spiro atoms. The van der Waals surface area contributed by atoms with E-state index in [0.717, 1.165) is 18.7 Å². The van der Waals surface area contributed by atoms with Crippen LogP contribution in [0.5, 0.6) is 0 Å². The summed E-state index contributed by atoms with van der Waals surface area (Å²) in [5.74, 6) is 1.53. The fourth-order valence-electron chi connectivity index (χ4n) is 2.43. The molecule has 2 N–H and O–H groups in total. The molecule has 18 heavy (non-hydrogen) atoms. The van der Waals surface area contributed by atoms with Gasteiger partial charge < -0.3 is 10.6 Å². The Balaban J connectivity index is 1.72. The van der Waals surface area contributed by atoms with Crippen molar-refractivity contribution < 1.29 is 0 Å². The first-order chi connectivity index (χ1) is 8.85. The van der Waals surface area contributed by atoms with Gasteiger partial charge in [0.2, 0.25) is 5.95 Å². The van der Waals surface area contributed by atoms with Crippen molar-refractivity contribution in [1.82, 2.24) is 9.97 Å². The van der Waals surface area contributed by atoms with Gasteiger partial charge in [-0.1, -0.05) is 24.3 Å². The van der Waals surface area contributed by atoms with Crippen molar-refractivity contribution in [3.8, 4) is 0 Å². The lowest BCUT2D eigenvalue weighted by molar-refractivity contribution is 0.768. The predicted molar refractivity (Wildman–Crippen MR) is 72.8 cm³/mol. The monoisotopic (exact) mass is 240 g/mol. The second-order valence-corrected chi connectivity index (χ2v) is 4.53. The number of hydrogen-bond donors (Lipinski definition) is 2. The molecule has 1 heterocycles. The van der Waals surface area contributed by atoms with Crippen molar-refractivity contribution in [2.75, 3.05) is 17.7 Å². The van der Waals surface area contributed by atoms with Crippen LogP contribution < -0.4 is 10.6 Å². The minimum atomic E-state index is 0.432. The van der Waals surface area contributed by atoms with E-state index in [4.69, 9.17) is 0 Å². The van der Waals surface area contributed by atoms with Gasteiger partial charge >= 0.3 is 0 Å². The third kappa shape index (κ3) is 2.14. The van der Waals surface area contributed by atoms with Crippen LogP contribution in [0.4, 0.5) is 11.8 Å². The second-order valence-electron chi connectivity index (χ2n) is 4.53. The zero-order valence-corrected chi connectivity index (χ0v) is 10.4. The van der Waals surface area contributed by atoms with Gasteiger partial charge in [0.05, 0.1) is 0 Å². The van der Waals surface area contributed by atoms with Crippen LogP contribution in [-0.2, 0) is 12.8 Å². The van der Waals surface area contributed by atoms with Gasteiger partial charge in [0.25, 0.3) is 0 Å². The average Bonchev–Trinajstić information content (AvgIpc) is 2.81. The molecular weight excluding hydrogens is 224 g/mol. The summed E-state index contributed by atoms with van der Waals surface area (Å²) in [6.45, 7) is 0. The first-order valence-corrected chi connectivity index (χ1v) is 6.19. The molecule has 0 fully saturated rings. The summed E-state index contributed by atoms with van der Waals surface area (Å²) in [5, 5.41) is 6.42. The summed E-state index contributed by atoms with van der Waals surface area (Å²) in [5.41, 5.74) is 2.88. The standard InChI is InChI=1S/C14H16N4/c1-15-14-16-7-6-13(18-14)17-12-8-10-4-2-3-5-11(10)9-12/h2-7,12H,8-9H2,1H3,(H2,15,16,17,18). The van der Waals surface area contributed by atoms with E-state index in [1.807, 2.05) is 13.1 Å². The van der Waals surface area contributed by atoms with Gasteiger partial charge in [-0.15, -0.1) is 0 Å². The zero-order chi connectivity index (χ0) is 12.4. The predicted octanol–water partition coefficient (Wildman–Crippen LogP) is 2.10. The number of aromatic nitrogens is 2. The molecule has 1 aliphatic carbocycles. The average molecular weight is 240 g/mol. The largest absolute Gasteiger partial charge is 0.367 e. The molecule has 4 heteroatoms. The normalized spacial score (nSPS) is 14.3. The van der Waals surface area contributed by atoms with E-state index in [9.17, 15) is 0 Å². The lowest BCUT2D eigenvalue weighted by atomic mass is 10.1. The minimum absolute atomic E-state index is 0.432. The molecule has 0 aliphatic heterocycles. The Morgan fingerprint density at radius 1 is 1.11 bits per heavy atom. The van der Waals surface area contributed by atoms with E-state index < -0.39 is 0 Å². The topological polar surface area (TPSA) is 49.8 Å². The maximum Gasteiger partial charge on any atom is 0.224 e. The van der Waals surface area contributed by atoms with Crippen molar-refractivity contribution in [2.45, 2.75) is 18.9 Å².